The lowest BCUT2D eigenvalue weighted by molar-refractivity contribution is 0.184. The van der Waals surface area contributed by atoms with E-state index in [1.54, 1.807) is 12.6 Å². The van der Waals surface area contributed by atoms with Crippen molar-refractivity contribution in [2.45, 2.75) is 37.6 Å². The molecule has 2 atom stereocenters. The topological polar surface area (TPSA) is 104 Å². The van der Waals surface area contributed by atoms with E-state index in [9.17, 15) is 4.79 Å². The Labute approximate surface area is 138 Å². The predicted molar refractivity (Wildman–Crippen MR) is 87.7 cm³/mol. The molecule has 3 N–H and O–H groups in total. The highest BCUT2D eigenvalue weighted by Crippen LogP contribution is 2.38. The number of hydrogen-bond acceptors (Lipinski definition) is 4. The fourth-order valence-corrected chi connectivity index (χ4v) is 3.67. The first-order chi connectivity index (χ1) is 11.7. The summed E-state index contributed by atoms with van der Waals surface area (Å²) in [6, 6.07) is 3.73. The molecule has 24 heavy (non-hydrogen) atoms. The number of carbonyl (C=O) groups is 1. The van der Waals surface area contributed by atoms with Crippen molar-refractivity contribution in [2.24, 2.45) is 0 Å². The first-order valence-electron chi connectivity index (χ1n) is 8.07. The van der Waals surface area contributed by atoms with Gasteiger partial charge in [0.2, 0.25) is 0 Å². The summed E-state index contributed by atoms with van der Waals surface area (Å²) in [6.45, 7) is 0. The van der Waals surface area contributed by atoms with Crippen LogP contribution in [-0.4, -0.2) is 32.2 Å². The van der Waals surface area contributed by atoms with Crippen molar-refractivity contribution in [3.8, 4) is 11.3 Å². The number of furan rings is 1. The first kappa shape index (κ1) is 14.7. The Morgan fingerprint density at radius 2 is 2.29 bits per heavy atom. The minimum atomic E-state index is -0.966. The Morgan fingerprint density at radius 1 is 1.38 bits per heavy atom. The lowest BCUT2D eigenvalue weighted by Crippen LogP contribution is -2.37. The van der Waals surface area contributed by atoms with Crippen molar-refractivity contribution in [3.63, 3.8) is 0 Å². The normalized spacial score (nSPS) is 21.0. The smallest absolute Gasteiger partial charge is 0.404 e. The molecule has 1 amide bonds. The summed E-state index contributed by atoms with van der Waals surface area (Å²) in [5.41, 5.74) is 2.68. The van der Waals surface area contributed by atoms with Gasteiger partial charge in [0.15, 0.2) is 0 Å². The van der Waals surface area contributed by atoms with E-state index in [0.29, 0.717) is 0 Å². The van der Waals surface area contributed by atoms with E-state index in [1.807, 2.05) is 18.3 Å². The molecule has 4 rings (SSSR count). The molecule has 3 heterocycles. The highest BCUT2D eigenvalue weighted by molar-refractivity contribution is 5.94. The Morgan fingerprint density at radius 3 is 3.08 bits per heavy atom. The molecule has 0 spiro atoms. The van der Waals surface area contributed by atoms with Gasteiger partial charge >= 0.3 is 6.09 Å². The van der Waals surface area contributed by atoms with E-state index in [1.165, 1.54) is 0 Å². The maximum absolute atomic E-state index is 10.9. The zero-order valence-electron chi connectivity index (χ0n) is 13.0. The standard InChI is InChI=1S/C17H18N4O3/c22-17(23)21-11-4-1-3-10(7-11)15-14-12(13-5-2-6-24-13)8-18-16(14)20-9-19-15/h2,5-6,8-11,21H,1,3-4,7H2,(H,22,23)(H,18,19,20)/t10-,11+/m1/s1. The number of nitrogens with one attached hydrogen (secondary N) is 2. The van der Waals surface area contributed by atoms with Gasteiger partial charge in [-0.15, -0.1) is 0 Å². The van der Waals surface area contributed by atoms with Crippen LogP contribution in [0.2, 0.25) is 0 Å². The number of aromatic amines is 1. The molecule has 0 aromatic carbocycles. The monoisotopic (exact) mass is 326 g/mol. The number of carboxylic acid groups (broad SMARTS) is 1. The minimum Gasteiger partial charge on any atom is -0.465 e. The molecule has 1 fully saturated rings. The summed E-state index contributed by atoms with van der Waals surface area (Å²) >= 11 is 0. The van der Waals surface area contributed by atoms with Crippen LogP contribution in [0.25, 0.3) is 22.4 Å². The summed E-state index contributed by atoms with van der Waals surface area (Å²) in [7, 11) is 0. The fourth-order valence-electron chi connectivity index (χ4n) is 3.67. The van der Waals surface area contributed by atoms with Crippen LogP contribution in [-0.2, 0) is 0 Å². The molecule has 0 radical (unpaired) electrons. The second kappa shape index (κ2) is 5.99. The van der Waals surface area contributed by atoms with Crippen LogP contribution in [0, 0.1) is 0 Å². The van der Waals surface area contributed by atoms with E-state index >= 15 is 0 Å². The number of H-pyrrole nitrogens is 1. The van der Waals surface area contributed by atoms with Crippen LogP contribution in [0.15, 0.2) is 35.3 Å². The van der Waals surface area contributed by atoms with Crippen molar-refractivity contribution < 1.29 is 14.3 Å². The van der Waals surface area contributed by atoms with Crippen LogP contribution in [0.4, 0.5) is 4.79 Å². The molecule has 0 saturated heterocycles. The number of rotatable bonds is 3. The maximum atomic E-state index is 10.9. The van der Waals surface area contributed by atoms with E-state index in [-0.39, 0.29) is 12.0 Å². The third-order valence-electron chi connectivity index (χ3n) is 4.67. The highest BCUT2D eigenvalue weighted by atomic mass is 16.4. The van der Waals surface area contributed by atoms with Crippen LogP contribution in [0.5, 0.6) is 0 Å². The molecular formula is C17H18N4O3. The van der Waals surface area contributed by atoms with Gasteiger partial charge in [0.25, 0.3) is 0 Å². The second-order valence-electron chi connectivity index (χ2n) is 6.17. The molecule has 1 aliphatic rings. The number of nitrogens with zero attached hydrogens (tertiary/aromatic N) is 2. The summed E-state index contributed by atoms with van der Waals surface area (Å²) in [6.07, 6.45) is 7.72. The molecule has 0 unspecified atom stereocenters. The first-order valence-corrected chi connectivity index (χ1v) is 8.07. The Hall–Kier alpha value is -2.83. The lowest BCUT2D eigenvalue weighted by atomic mass is 9.82. The Balaban J connectivity index is 1.73. The third kappa shape index (κ3) is 2.62. The fraction of sp³-hybridized carbons (Fsp3) is 0.353. The van der Waals surface area contributed by atoms with Gasteiger partial charge in [-0.05, 0) is 31.4 Å². The third-order valence-corrected chi connectivity index (χ3v) is 4.67. The quantitative estimate of drug-likeness (QED) is 0.683. The summed E-state index contributed by atoms with van der Waals surface area (Å²) in [5, 5.41) is 12.6. The molecule has 1 aliphatic carbocycles. The molecule has 124 valence electrons. The van der Waals surface area contributed by atoms with E-state index in [4.69, 9.17) is 9.52 Å². The SMILES string of the molecule is O=C(O)N[C@H]1CCC[C@@H](c2ncnc3[nH]cc(-c4ccco4)c23)C1. The largest absolute Gasteiger partial charge is 0.465 e. The minimum absolute atomic E-state index is 0.0303. The molecule has 0 aliphatic heterocycles. The highest BCUT2D eigenvalue weighted by Gasteiger charge is 2.28. The van der Waals surface area contributed by atoms with Crippen molar-refractivity contribution in [1.82, 2.24) is 20.3 Å². The average Bonchev–Trinajstić information content (AvgIpc) is 3.23. The molecule has 3 aromatic rings. The van der Waals surface area contributed by atoms with Crippen molar-refractivity contribution in [3.05, 3.63) is 36.6 Å². The number of aromatic nitrogens is 3. The summed E-state index contributed by atoms with van der Waals surface area (Å²) in [5.74, 6) is 0.971. The van der Waals surface area contributed by atoms with Gasteiger partial charge in [0, 0.05) is 23.7 Å². The van der Waals surface area contributed by atoms with Crippen LogP contribution in [0.3, 0.4) is 0 Å². The predicted octanol–water partition coefficient (Wildman–Crippen LogP) is 3.51. The van der Waals surface area contributed by atoms with Gasteiger partial charge < -0.3 is 19.8 Å². The summed E-state index contributed by atoms with van der Waals surface area (Å²) < 4.78 is 5.54. The van der Waals surface area contributed by atoms with E-state index in [0.717, 1.165) is 53.7 Å². The zero-order valence-corrected chi connectivity index (χ0v) is 13.0. The van der Waals surface area contributed by atoms with Gasteiger partial charge in [0.1, 0.15) is 17.7 Å². The van der Waals surface area contributed by atoms with Gasteiger partial charge in [-0.1, -0.05) is 6.42 Å². The molecular weight excluding hydrogens is 308 g/mol. The maximum Gasteiger partial charge on any atom is 0.404 e. The zero-order chi connectivity index (χ0) is 16.5. The van der Waals surface area contributed by atoms with Crippen LogP contribution >= 0.6 is 0 Å². The van der Waals surface area contributed by atoms with Gasteiger partial charge in [-0.3, -0.25) is 0 Å². The van der Waals surface area contributed by atoms with Gasteiger partial charge in [0.05, 0.1) is 17.3 Å². The van der Waals surface area contributed by atoms with Crippen molar-refractivity contribution >= 4 is 17.1 Å². The number of hydrogen-bond donors (Lipinski definition) is 3. The molecule has 0 bridgehead atoms. The Kier molecular flexibility index (Phi) is 3.68. The van der Waals surface area contributed by atoms with Crippen LogP contribution < -0.4 is 5.32 Å². The van der Waals surface area contributed by atoms with Crippen molar-refractivity contribution in [2.75, 3.05) is 0 Å². The second-order valence-corrected chi connectivity index (χ2v) is 6.17. The number of amides is 1. The number of fused-ring (bicyclic) bond motifs is 1. The molecule has 1 saturated carbocycles. The van der Waals surface area contributed by atoms with Crippen LogP contribution in [0.1, 0.15) is 37.3 Å². The van der Waals surface area contributed by atoms with E-state index in [2.05, 4.69) is 20.3 Å². The molecule has 3 aromatic heterocycles. The van der Waals surface area contributed by atoms with Gasteiger partial charge in [-0.25, -0.2) is 14.8 Å². The lowest BCUT2D eigenvalue weighted by Gasteiger charge is -2.29. The van der Waals surface area contributed by atoms with E-state index < -0.39 is 6.09 Å². The van der Waals surface area contributed by atoms with Gasteiger partial charge in [-0.2, -0.15) is 0 Å². The molecule has 7 nitrogen and oxygen atoms in total. The average molecular weight is 326 g/mol. The summed E-state index contributed by atoms with van der Waals surface area (Å²) in [4.78, 5) is 23.0. The van der Waals surface area contributed by atoms with Crippen molar-refractivity contribution in [1.29, 1.82) is 0 Å². The Bertz CT molecular complexity index is 856. The molecule has 7 heteroatoms.